The van der Waals surface area contributed by atoms with Crippen LogP contribution in [0.2, 0.25) is 0 Å². The van der Waals surface area contributed by atoms with Crippen LogP contribution in [0.25, 0.3) is 44.1 Å². The zero-order chi connectivity index (χ0) is 20.5. The van der Waals surface area contributed by atoms with Gasteiger partial charge in [-0.15, -0.1) is 0 Å². The van der Waals surface area contributed by atoms with Gasteiger partial charge in [0.1, 0.15) is 11.5 Å². The van der Waals surface area contributed by atoms with Crippen molar-refractivity contribution in [3.63, 3.8) is 0 Å². The quantitative estimate of drug-likeness (QED) is 0.342. The monoisotopic (exact) mass is 391 g/mol. The second-order valence-electron chi connectivity index (χ2n) is 7.24. The van der Waals surface area contributed by atoms with E-state index in [0.717, 1.165) is 39.0 Å². The number of hydrogen-bond donors (Lipinski definition) is 1. The fourth-order valence-corrected chi connectivity index (χ4v) is 3.91. The van der Waals surface area contributed by atoms with E-state index >= 15 is 0 Å². The number of phenols is 1. The summed E-state index contributed by atoms with van der Waals surface area (Å²) in [6.45, 7) is 2.62. The number of nitrogens with zero attached hydrogens (tertiary/aromatic N) is 1. The third kappa shape index (κ3) is 3.25. The number of aromatic nitrogens is 1. The summed E-state index contributed by atoms with van der Waals surface area (Å²) in [4.78, 5) is 4.98. The molecule has 1 heterocycles. The highest BCUT2D eigenvalue weighted by Gasteiger charge is 2.13. The topological polar surface area (TPSA) is 42.4 Å². The van der Waals surface area contributed by atoms with Crippen molar-refractivity contribution < 1.29 is 9.84 Å². The minimum Gasteiger partial charge on any atom is -0.508 e. The molecule has 4 aromatic carbocycles. The van der Waals surface area contributed by atoms with Gasteiger partial charge in [0.2, 0.25) is 0 Å². The molecular formula is C27H21NO2. The van der Waals surface area contributed by atoms with Crippen LogP contribution in [0.5, 0.6) is 11.5 Å². The van der Waals surface area contributed by atoms with Crippen LogP contribution in [0, 0.1) is 0 Å². The fourth-order valence-electron chi connectivity index (χ4n) is 3.91. The smallest absolute Gasteiger partial charge is 0.119 e. The fraction of sp³-hybridized carbons (Fsp3) is 0.0741. The van der Waals surface area contributed by atoms with Crippen molar-refractivity contribution in [2.75, 3.05) is 6.61 Å². The summed E-state index contributed by atoms with van der Waals surface area (Å²) in [5.74, 6) is 1.11. The Morgan fingerprint density at radius 3 is 2.30 bits per heavy atom. The molecule has 146 valence electrons. The van der Waals surface area contributed by atoms with Gasteiger partial charge in [-0.25, -0.2) is 4.98 Å². The van der Waals surface area contributed by atoms with Crippen LogP contribution in [0.4, 0.5) is 0 Å². The van der Waals surface area contributed by atoms with E-state index in [-0.39, 0.29) is 5.75 Å². The average Bonchev–Trinajstić information content (AvgIpc) is 2.79. The molecule has 0 fully saturated rings. The van der Waals surface area contributed by atoms with E-state index in [2.05, 4.69) is 42.5 Å². The largest absolute Gasteiger partial charge is 0.508 e. The Labute approximate surface area is 175 Å². The lowest BCUT2D eigenvalue weighted by molar-refractivity contribution is 0.340. The van der Waals surface area contributed by atoms with E-state index in [1.54, 1.807) is 12.1 Å². The van der Waals surface area contributed by atoms with Crippen LogP contribution in [0.3, 0.4) is 0 Å². The molecule has 3 heteroatoms. The lowest BCUT2D eigenvalue weighted by atomic mass is 9.94. The second-order valence-corrected chi connectivity index (χ2v) is 7.24. The van der Waals surface area contributed by atoms with Crippen molar-refractivity contribution in [3.8, 4) is 33.9 Å². The number of ether oxygens (including phenoxy) is 1. The number of benzene rings is 4. The minimum absolute atomic E-state index is 0.258. The molecular weight excluding hydrogens is 370 g/mol. The lowest BCUT2D eigenvalue weighted by Gasteiger charge is -2.13. The van der Waals surface area contributed by atoms with E-state index in [9.17, 15) is 5.11 Å². The zero-order valence-electron chi connectivity index (χ0n) is 16.7. The molecule has 1 N–H and O–H groups in total. The van der Waals surface area contributed by atoms with Crippen LogP contribution in [-0.2, 0) is 0 Å². The molecule has 3 nitrogen and oxygen atoms in total. The first-order valence-corrected chi connectivity index (χ1v) is 10.1. The molecule has 0 atom stereocenters. The third-order valence-corrected chi connectivity index (χ3v) is 5.34. The van der Waals surface area contributed by atoms with Crippen molar-refractivity contribution in [3.05, 3.63) is 91.0 Å². The molecule has 0 saturated heterocycles. The van der Waals surface area contributed by atoms with E-state index in [4.69, 9.17) is 9.72 Å². The molecule has 30 heavy (non-hydrogen) atoms. The summed E-state index contributed by atoms with van der Waals surface area (Å²) in [5, 5.41) is 13.2. The van der Waals surface area contributed by atoms with Gasteiger partial charge in [-0.3, -0.25) is 0 Å². The number of rotatable bonds is 4. The molecule has 0 amide bonds. The van der Waals surface area contributed by atoms with Gasteiger partial charge in [-0.2, -0.15) is 0 Å². The van der Waals surface area contributed by atoms with Gasteiger partial charge in [-0.05, 0) is 77.4 Å². The Morgan fingerprint density at radius 2 is 1.53 bits per heavy atom. The van der Waals surface area contributed by atoms with Crippen molar-refractivity contribution in [1.29, 1.82) is 0 Å². The number of phenolic OH excluding ortho intramolecular Hbond substituents is 1. The first-order chi connectivity index (χ1) is 14.7. The van der Waals surface area contributed by atoms with Gasteiger partial charge in [0, 0.05) is 10.9 Å². The Morgan fingerprint density at radius 1 is 0.800 bits per heavy atom. The zero-order valence-corrected chi connectivity index (χ0v) is 16.7. The number of hydrogen-bond acceptors (Lipinski definition) is 3. The maximum absolute atomic E-state index is 9.77. The van der Waals surface area contributed by atoms with Crippen molar-refractivity contribution in [2.24, 2.45) is 0 Å². The highest BCUT2D eigenvalue weighted by molar-refractivity contribution is 6.13. The van der Waals surface area contributed by atoms with E-state index in [0.29, 0.717) is 6.61 Å². The predicted molar refractivity (Wildman–Crippen MR) is 123 cm³/mol. The molecule has 5 rings (SSSR count). The van der Waals surface area contributed by atoms with Crippen LogP contribution in [0.15, 0.2) is 91.0 Å². The molecule has 0 aliphatic carbocycles. The van der Waals surface area contributed by atoms with Crippen molar-refractivity contribution in [2.45, 2.75) is 6.92 Å². The Hall–Kier alpha value is -3.85. The van der Waals surface area contributed by atoms with E-state index in [1.807, 2.05) is 43.3 Å². The van der Waals surface area contributed by atoms with Gasteiger partial charge in [0.05, 0.1) is 17.8 Å². The normalized spacial score (nSPS) is 11.1. The number of aromatic hydroxyl groups is 1. The Kier molecular flexibility index (Phi) is 4.56. The van der Waals surface area contributed by atoms with Crippen LogP contribution < -0.4 is 4.74 Å². The van der Waals surface area contributed by atoms with Gasteiger partial charge >= 0.3 is 0 Å². The maximum atomic E-state index is 9.77. The third-order valence-electron chi connectivity index (χ3n) is 5.34. The summed E-state index contributed by atoms with van der Waals surface area (Å²) in [6, 6.07) is 30.1. The number of pyridine rings is 1. The molecule has 0 saturated carbocycles. The van der Waals surface area contributed by atoms with E-state index < -0.39 is 0 Å². The van der Waals surface area contributed by atoms with Crippen molar-refractivity contribution in [1.82, 2.24) is 4.98 Å². The van der Waals surface area contributed by atoms with Gasteiger partial charge in [0.15, 0.2) is 0 Å². The summed E-state index contributed by atoms with van der Waals surface area (Å²) in [6.07, 6.45) is 0. The Balaban J connectivity index is 1.78. The van der Waals surface area contributed by atoms with Crippen molar-refractivity contribution >= 4 is 21.7 Å². The molecule has 5 aromatic rings. The van der Waals surface area contributed by atoms with E-state index in [1.165, 1.54) is 10.8 Å². The second kappa shape index (κ2) is 7.53. The molecule has 1 aromatic heterocycles. The summed E-state index contributed by atoms with van der Waals surface area (Å²) in [7, 11) is 0. The highest BCUT2D eigenvalue weighted by Crippen LogP contribution is 2.37. The summed E-state index contributed by atoms with van der Waals surface area (Å²) < 4.78 is 5.58. The molecule has 0 radical (unpaired) electrons. The Bertz CT molecular complexity index is 1340. The lowest BCUT2D eigenvalue weighted by Crippen LogP contribution is -1.93. The summed E-state index contributed by atoms with van der Waals surface area (Å²) >= 11 is 0. The maximum Gasteiger partial charge on any atom is 0.119 e. The average molecular weight is 391 g/mol. The molecule has 0 aliphatic rings. The SMILES string of the molecule is CCOc1ccc(-c2cc(-c3ccc(O)cc3)c3c(ccc4ccccc43)n2)cc1. The van der Waals surface area contributed by atoms with Gasteiger partial charge in [0.25, 0.3) is 0 Å². The van der Waals surface area contributed by atoms with Crippen LogP contribution in [-0.4, -0.2) is 16.7 Å². The standard InChI is InChI=1S/C27H21NO2/c1-2-30-22-14-9-20(10-15-22)26-17-24(19-7-12-21(29)13-8-19)27-23-6-4-3-5-18(23)11-16-25(27)28-26/h3-17,29H,2H2,1H3. The van der Waals surface area contributed by atoms with Gasteiger partial charge in [-0.1, -0.05) is 42.5 Å². The summed E-state index contributed by atoms with van der Waals surface area (Å²) in [5.41, 5.74) is 5.03. The molecule has 0 unspecified atom stereocenters. The first-order valence-electron chi connectivity index (χ1n) is 10.1. The highest BCUT2D eigenvalue weighted by atomic mass is 16.5. The molecule has 0 spiro atoms. The van der Waals surface area contributed by atoms with Crippen LogP contribution in [0.1, 0.15) is 6.92 Å². The number of fused-ring (bicyclic) bond motifs is 3. The molecule has 0 bridgehead atoms. The molecule has 0 aliphatic heterocycles. The minimum atomic E-state index is 0.258. The first kappa shape index (κ1) is 18.2. The predicted octanol–water partition coefficient (Wildman–Crippen LogP) is 6.83. The van der Waals surface area contributed by atoms with Crippen LogP contribution >= 0.6 is 0 Å². The van der Waals surface area contributed by atoms with Gasteiger partial charge < -0.3 is 9.84 Å².